The van der Waals surface area contributed by atoms with E-state index in [1.165, 1.54) is 4.90 Å². The van der Waals surface area contributed by atoms with E-state index in [1.807, 2.05) is 0 Å². The zero-order chi connectivity index (χ0) is 19.9. The number of nitrogens with zero attached hydrogens (tertiary/aromatic N) is 2. The van der Waals surface area contributed by atoms with Crippen LogP contribution in [0, 0.1) is 0 Å². The lowest BCUT2D eigenvalue weighted by molar-refractivity contribution is -0.139. The van der Waals surface area contributed by atoms with Crippen molar-refractivity contribution in [3.8, 4) is 0 Å². The number of benzene rings is 1. The summed E-state index contributed by atoms with van der Waals surface area (Å²) in [7, 11) is 0. The molecular formula is C19H19ClN4O4. The second-order valence-corrected chi connectivity index (χ2v) is 6.52. The highest BCUT2D eigenvalue weighted by atomic mass is 35.5. The number of amides is 3. The predicted molar refractivity (Wildman–Crippen MR) is 101 cm³/mol. The molecule has 1 aliphatic rings. The molecule has 2 N–H and O–H groups in total. The molecule has 1 atom stereocenters. The molecule has 3 rings (SSSR count). The molecule has 0 bridgehead atoms. The Hall–Kier alpha value is -2.97. The third kappa shape index (κ3) is 5.05. The van der Waals surface area contributed by atoms with E-state index < -0.39 is 18.0 Å². The van der Waals surface area contributed by atoms with E-state index in [1.54, 1.807) is 48.8 Å². The average molecular weight is 403 g/mol. The standard InChI is InChI=1S/C19H19ClN4O4/c20-15-3-1-14(2-4-15)19(27)24-9-10-28-16(24)12-23-18(26)17(25)22-11-13-5-7-21-8-6-13/h1-8,16H,9-12H2,(H,22,25)(H,23,26)/t16-/m1/s1. The molecule has 1 aromatic carbocycles. The van der Waals surface area contributed by atoms with E-state index in [4.69, 9.17) is 16.3 Å². The van der Waals surface area contributed by atoms with E-state index in [2.05, 4.69) is 15.6 Å². The fourth-order valence-electron chi connectivity index (χ4n) is 2.70. The van der Waals surface area contributed by atoms with Gasteiger partial charge in [-0.1, -0.05) is 11.6 Å². The molecule has 28 heavy (non-hydrogen) atoms. The number of carbonyl (C=O) groups excluding carboxylic acids is 3. The lowest BCUT2D eigenvalue weighted by atomic mass is 10.2. The van der Waals surface area contributed by atoms with E-state index in [0.29, 0.717) is 23.7 Å². The third-order valence-electron chi connectivity index (χ3n) is 4.19. The number of aromatic nitrogens is 1. The van der Waals surface area contributed by atoms with Crippen LogP contribution in [0.5, 0.6) is 0 Å². The number of nitrogens with one attached hydrogen (secondary N) is 2. The monoisotopic (exact) mass is 402 g/mol. The Kier molecular flexibility index (Phi) is 6.57. The second kappa shape index (κ2) is 9.29. The molecule has 0 unspecified atom stereocenters. The van der Waals surface area contributed by atoms with Crippen LogP contribution in [-0.4, -0.2) is 53.5 Å². The third-order valence-corrected chi connectivity index (χ3v) is 4.44. The fraction of sp³-hybridized carbons (Fsp3) is 0.263. The van der Waals surface area contributed by atoms with Crippen molar-refractivity contribution in [2.24, 2.45) is 0 Å². The first-order valence-electron chi connectivity index (χ1n) is 8.67. The number of carbonyl (C=O) groups is 3. The van der Waals surface area contributed by atoms with Gasteiger partial charge in [0.25, 0.3) is 5.91 Å². The van der Waals surface area contributed by atoms with Crippen LogP contribution in [0.15, 0.2) is 48.8 Å². The quantitative estimate of drug-likeness (QED) is 0.726. The Morgan fingerprint density at radius 2 is 1.75 bits per heavy atom. The maximum atomic E-state index is 12.6. The maximum Gasteiger partial charge on any atom is 0.309 e. The SMILES string of the molecule is O=C(NCc1ccncc1)C(=O)NC[C@H]1OCCN1C(=O)c1ccc(Cl)cc1. The summed E-state index contributed by atoms with van der Waals surface area (Å²) in [6.07, 6.45) is 2.57. The largest absolute Gasteiger partial charge is 0.355 e. The first-order chi connectivity index (χ1) is 13.5. The van der Waals surface area contributed by atoms with E-state index in [0.717, 1.165) is 5.56 Å². The molecule has 2 aromatic rings. The van der Waals surface area contributed by atoms with Crippen LogP contribution in [0.1, 0.15) is 15.9 Å². The highest BCUT2D eigenvalue weighted by molar-refractivity contribution is 6.35. The summed E-state index contributed by atoms with van der Waals surface area (Å²) >= 11 is 5.85. The highest BCUT2D eigenvalue weighted by Gasteiger charge is 2.31. The molecule has 8 nitrogen and oxygen atoms in total. The smallest absolute Gasteiger partial charge is 0.309 e. The Morgan fingerprint density at radius 3 is 2.46 bits per heavy atom. The minimum Gasteiger partial charge on any atom is -0.355 e. The van der Waals surface area contributed by atoms with Gasteiger partial charge in [-0.15, -0.1) is 0 Å². The van der Waals surface area contributed by atoms with Crippen molar-refractivity contribution in [1.82, 2.24) is 20.5 Å². The first-order valence-corrected chi connectivity index (χ1v) is 9.05. The van der Waals surface area contributed by atoms with Gasteiger partial charge < -0.3 is 20.3 Å². The summed E-state index contributed by atoms with van der Waals surface area (Å²) in [5.41, 5.74) is 1.30. The molecule has 2 heterocycles. The van der Waals surface area contributed by atoms with Crippen molar-refractivity contribution < 1.29 is 19.1 Å². The predicted octanol–water partition coefficient (Wildman–Crippen LogP) is 0.966. The van der Waals surface area contributed by atoms with Crippen LogP contribution in [0.2, 0.25) is 5.02 Å². The first kappa shape index (κ1) is 19.8. The summed E-state index contributed by atoms with van der Waals surface area (Å²) in [6, 6.07) is 10.0. The molecule has 0 radical (unpaired) electrons. The molecule has 0 saturated carbocycles. The molecule has 1 aromatic heterocycles. The molecule has 9 heteroatoms. The van der Waals surface area contributed by atoms with Gasteiger partial charge in [0.15, 0.2) is 0 Å². The summed E-state index contributed by atoms with van der Waals surface area (Å²) in [5, 5.41) is 5.57. The van der Waals surface area contributed by atoms with E-state index in [9.17, 15) is 14.4 Å². The van der Waals surface area contributed by atoms with Gasteiger partial charge in [-0.3, -0.25) is 19.4 Å². The van der Waals surface area contributed by atoms with Gasteiger partial charge in [-0.05, 0) is 42.0 Å². The number of ether oxygens (including phenoxy) is 1. The zero-order valence-corrected chi connectivity index (χ0v) is 15.7. The summed E-state index contributed by atoms with van der Waals surface area (Å²) in [5.74, 6) is -1.77. The Balaban J connectivity index is 1.49. The second-order valence-electron chi connectivity index (χ2n) is 6.08. The van der Waals surface area contributed by atoms with E-state index in [-0.39, 0.29) is 19.0 Å². The Morgan fingerprint density at radius 1 is 1.07 bits per heavy atom. The molecule has 0 aliphatic carbocycles. The minimum absolute atomic E-state index is 0.0147. The molecule has 0 spiro atoms. The van der Waals surface area contributed by atoms with Crippen LogP contribution in [0.3, 0.4) is 0 Å². The normalized spacial score (nSPS) is 15.9. The van der Waals surface area contributed by atoms with Crippen molar-refractivity contribution in [3.05, 3.63) is 64.9 Å². The number of halogens is 1. The van der Waals surface area contributed by atoms with Gasteiger partial charge >= 0.3 is 11.8 Å². The Labute approximate surface area is 166 Å². The number of hydrogen-bond acceptors (Lipinski definition) is 5. The van der Waals surface area contributed by atoms with Crippen molar-refractivity contribution in [2.75, 3.05) is 19.7 Å². The molecule has 1 fully saturated rings. The van der Waals surface area contributed by atoms with Gasteiger partial charge in [0.1, 0.15) is 6.23 Å². The fourth-order valence-corrected chi connectivity index (χ4v) is 2.83. The topological polar surface area (TPSA) is 101 Å². The zero-order valence-electron chi connectivity index (χ0n) is 14.9. The van der Waals surface area contributed by atoms with Gasteiger partial charge in [0, 0.05) is 36.1 Å². The molecule has 1 aliphatic heterocycles. The lowest BCUT2D eigenvalue weighted by Gasteiger charge is -2.23. The number of pyridine rings is 1. The molecule has 146 valence electrons. The maximum absolute atomic E-state index is 12.6. The van der Waals surface area contributed by atoms with Crippen molar-refractivity contribution >= 4 is 29.3 Å². The summed E-state index contributed by atoms with van der Waals surface area (Å²) in [6.45, 7) is 0.987. The lowest BCUT2D eigenvalue weighted by Crippen LogP contribution is -2.47. The van der Waals surface area contributed by atoms with Crippen LogP contribution < -0.4 is 10.6 Å². The number of rotatable bonds is 5. The van der Waals surface area contributed by atoms with Gasteiger partial charge in [-0.25, -0.2) is 0 Å². The highest BCUT2D eigenvalue weighted by Crippen LogP contribution is 2.16. The van der Waals surface area contributed by atoms with Crippen molar-refractivity contribution in [3.63, 3.8) is 0 Å². The number of hydrogen-bond donors (Lipinski definition) is 2. The van der Waals surface area contributed by atoms with Crippen LogP contribution in [0.25, 0.3) is 0 Å². The minimum atomic E-state index is -0.788. The van der Waals surface area contributed by atoms with Crippen LogP contribution in [0.4, 0.5) is 0 Å². The van der Waals surface area contributed by atoms with Crippen LogP contribution in [-0.2, 0) is 20.9 Å². The Bertz CT molecular complexity index is 845. The van der Waals surface area contributed by atoms with Gasteiger partial charge in [0.2, 0.25) is 0 Å². The summed E-state index contributed by atoms with van der Waals surface area (Å²) < 4.78 is 5.52. The van der Waals surface area contributed by atoms with Gasteiger partial charge in [-0.2, -0.15) is 0 Å². The van der Waals surface area contributed by atoms with Gasteiger partial charge in [0.05, 0.1) is 13.2 Å². The summed E-state index contributed by atoms with van der Waals surface area (Å²) in [4.78, 5) is 41.9. The average Bonchev–Trinajstić information content (AvgIpc) is 3.19. The van der Waals surface area contributed by atoms with Crippen molar-refractivity contribution in [2.45, 2.75) is 12.8 Å². The van der Waals surface area contributed by atoms with Crippen LogP contribution >= 0.6 is 11.6 Å². The molecular weight excluding hydrogens is 384 g/mol. The molecule has 3 amide bonds. The van der Waals surface area contributed by atoms with Crippen molar-refractivity contribution in [1.29, 1.82) is 0 Å². The molecule has 1 saturated heterocycles. The van der Waals surface area contributed by atoms with E-state index >= 15 is 0 Å².